The first-order valence-electron chi connectivity index (χ1n) is 6.18. The Hall–Kier alpha value is -1.13. The molecule has 1 fully saturated rings. The van der Waals surface area contributed by atoms with Gasteiger partial charge in [-0.3, -0.25) is 4.79 Å². The maximum absolute atomic E-state index is 12.4. The number of carbonyl (C=O) groups is 1. The number of aliphatic hydroxyl groups excluding tert-OH is 1. The Kier molecular flexibility index (Phi) is 4.19. The largest absolute Gasteiger partial charge is 0.394 e. The summed E-state index contributed by atoms with van der Waals surface area (Å²) in [7, 11) is 0. The van der Waals surface area contributed by atoms with Crippen LogP contribution in [0.25, 0.3) is 0 Å². The van der Waals surface area contributed by atoms with Crippen LogP contribution in [-0.4, -0.2) is 40.1 Å². The Bertz CT molecular complexity index is 451. The van der Waals surface area contributed by atoms with Crippen molar-refractivity contribution in [3.8, 4) is 0 Å². The number of halogens is 1. The Morgan fingerprint density at radius 1 is 1.56 bits per heavy atom. The number of aryl methyl sites for hydroxylation is 1. The highest BCUT2D eigenvalue weighted by Crippen LogP contribution is 2.22. The van der Waals surface area contributed by atoms with Crippen LogP contribution in [0.5, 0.6) is 0 Å². The van der Waals surface area contributed by atoms with Crippen LogP contribution in [0.2, 0.25) is 5.02 Å². The molecule has 0 bridgehead atoms. The van der Waals surface area contributed by atoms with Gasteiger partial charge >= 0.3 is 0 Å². The minimum atomic E-state index is -0.178. The average Bonchev–Trinajstić information content (AvgIpc) is 2.40. The Balaban J connectivity index is 2.26. The maximum atomic E-state index is 12.4. The van der Waals surface area contributed by atoms with Gasteiger partial charge in [-0.15, -0.1) is 0 Å². The van der Waals surface area contributed by atoms with E-state index in [2.05, 4.69) is 4.98 Å². The predicted octanol–water partition coefficient (Wildman–Crippen LogP) is 2.03. The fraction of sp³-hybridized carbons (Fsp3) is 0.538. The highest BCUT2D eigenvalue weighted by Gasteiger charge is 2.28. The lowest BCUT2D eigenvalue weighted by Crippen LogP contribution is -2.46. The minimum absolute atomic E-state index is 0.00479. The van der Waals surface area contributed by atoms with Crippen LogP contribution >= 0.6 is 11.6 Å². The third-order valence-electron chi connectivity index (χ3n) is 3.29. The summed E-state index contributed by atoms with van der Waals surface area (Å²) in [6, 6.07) is 3.36. The molecule has 98 valence electrons. The van der Waals surface area contributed by atoms with Crippen molar-refractivity contribution in [3.05, 3.63) is 28.5 Å². The molecule has 1 aromatic rings. The molecule has 1 atom stereocenters. The third-order valence-corrected chi connectivity index (χ3v) is 3.59. The number of hydrogen-bond acceptors (Lipinski definition) is 3. The first-order valence-corrected chi connectivity index (χ1v) is 6.56. The molecule has 1 aliphatic heterocycles. The van der Waals surface area contributed by atoms with Crippen molar-refractivity contribution in [2.75, 3.05) is 13.2 Å². The lowest BCUT2D eigenvalue weighted by atomic mass is 10.0. The molecule has 0 saturated carbocycles. The van der Waals surface area contributed by atoms with E-state index < -0.39 is 0 Å². The van der Waals surface area contributed by atoms with E-state index >= 15 is 0 Å². The van der Waals surface area contributed by atoms with Crippen LogP contribution in [0.1, 0.15) is 35.4 Å². The number of likely N-dealkylation sites (tertiary alicyclic amines) is 1. The zero-order chi connectivity index (χ0) is 13.1. The quantitative estimate of drug-likeness (QED) is 0.893. The smallest absolute Gasteiger partial charge is 0.274 e. The number of hydrogen-bond donors (Lipinski definition) is 1. The molecule has 0 aliphatic carbocycles. The molecule has 1 unspecified atom stereocenters. The molecule has 0 aromatic carbocycles. The number of rotatable bonds is 2. The molecule has 1 aliphatic rings. The summed E-state index contributed by atoms with van der Waals surface area (Å²) in [6.45, 7) is 2.48. The van der Waals surface area contributed by atoms with Crippen LogP contribution in [0.4, 0.5) is 0 Å². The second-order valence-electron chi connectivity index (χ2n) is 4.61. The van der Waals surface area contributed by atoms with Crippen LogP contribution in [0.15, 0.2) is 12.1 Å². The van der Waals surface area contributed by atoms with Gasteiger partial charge in [0.15, 0.2) is 0 Å². The zero-order valence-electron chi connectivity index (χ0n) is 10.4. The first-order chi connectivity index (χ1) is 8.63. The Labute approximate surface area is 112 Å². The minimum Gasteiger partial charge on any atom is -0.394 e. The van der Waals surface area contributed by atoms with E-state index in [0.29, 0.717) is 11.6 Å². The predicted molar refractivity (Wildman–Crippen MR) is 69.7 cm³/mol. The van der Waals surface area contributed by atoms with E-state index in [1.165, 1.54) is 0 Å². The number of aliphatic hydroxyl groups is 1. The van der Waals surface area contributed by atoms with E-state index in [1.807, 2.05) is 6.92 Å². The normalized spacial score (nSPS) is 19.9. The van der Waals surface area contributed by atoms with E-state index in [-0.39, 0.29) is 24.2 Å². The summed E-state index contributed by atoms with van der Waals surface area (Å²) in [5.74, 6) is -0.178. The second kappa shape index (κ2) is 5.67. The van der Waals surface area contributed by atoms with Crippen LogP contribution in [0, 0.1) is 6.92 Å². The number of amides is 1. The van der Waals surface area contributed by atoms with Crippen molar-refractivity contribution in [2.45, 2.75) is 32.2 Å². The van der Waals surface area contributed by atoms with Gasteiger partial charge in [0, 0.05) is 12.2 Å². The molecule has 1 N–H and O–H groups in total. The molecule has 1 aromatic heterocycles. The number of nitrogens with zero attached hydrogens (tertiary/aromatic N) is 2. The zero-order valence-corrected chi connectivity index (χ0v) is 11.2. The Morgan fingerprint density at radius 3 is 3.06 bits per heavy atom. The van der Waals surface area contributed by atoms with Crippen molar-refractivity contribution in [2.24, 2.45) is 0 Å². The van der Waals surface area contributed by atoms with E-state index in [9.17, 15) is 9.90 Å². The topological polar surface area (TPSA) is 53.4 Å². The van der Waals surface area contributed by atoms with Gasteiger partial charge in [0.1, 0.15) is 5.69 Å². The van der Waals surface area contributed by atoms with Gasteiger partial charge in [-0.05, 0) is 38.3 Å². The van der Waals surface area contributed by atoms with Crippen LogP contribution in [-0.2, 0) is 0 Å². The molecule has 0 spiro atoms. The number of pyridine rings is 1. The van der Waals surface area contributed by atoms with E-state index in [0.717, 1.165) is 25.0 Å². The van der Waals surface area contributed by atoms with Gasteiger partial charge in [-0.1, -0.05) is 11.6 Å². The van der Waals surface area contributed by atoms with Gasteiger partial charge in [0.2, 0.25) is 0 Å². The van der Waals surface area contributed by atoms with Crippen molar-refractivity contribution in [1.29, 1.82) is 0 Å². The molecule has 0 radical (unpaired) electrons. The lowest BCUT2D eigenvalue weighted by Gasteiger charge is -2.34. The Morgan fingerprint density at radius 2 is 2.33 bits per heavy atom. The molecule has 2 heterocycles. The molecule has 1 saturated heterocycles. The summed E-state index contributed by atoms with van der Waals surface area (Å²) < 4.78 is 0. The monoisotopic (exact) mass is 268 g/mol. The third kappa shape index (κ3) is 2.65. The molecule has 2 rings (SSSR count). The summed E-state index contributed by atoms with van der Waals surface area (Å²) in [6.07, 6.45) is 2.85. The van der Waals surface area contributed by atoms with Gasteiger partial charge in [0.25, 0.3) is 5.91 Å². The van der Waals surface area contributed by atoms with Crippen molar-refractivity contribution in [1.82, 2.24) is 9.88 Å². The first kappa shape index (κ1) is 13.3. The fourth-order valence-corrected chi connectivity index (χ4v) is 2.47. The van der Waals surface area contributed by atoms with Gasteiger partial charge in [-0.2, -0.15) is 0 Å². The van der Waals surface area contributed by atoms with Crippen LogP contribution in [0.3, 0.4) is 0 Å². The highest BCUT2D eigenvalue weighted by molar-refractivity contribution is 6.33. The number of carbonyl (C=O) groups excluding carboxylic acids is 1. The summed E-state index contributed by atoms with van der Waals surface area (Å²) in [5.41, 5.74) is 1.05. The molecular weight excluding hydrogens is 252 g/mol. The molecule has 5 heteroatoms. The molecule has 4 nitrogen and oxygen atoms in total. The molecule has 1 amide bonds. The summed E-state index contributed by atoms with van der Waals surface area (Å²) in [5, 5.41) is 9.70. The van der Waals surface area contributed by atoms with Gasteiger partial charge in [-0.25, -0.2) is 4.98 Å². The fourth-order valence-electron chi connectivity index (χ4n) is 2.28. The standard InChI is InChI=1S/C13H17ClN2O2/c1-9-5-6-11(14)12(15-9)13(18)16-7-3-2-4-10(16)8-17/h5-6,10,17H,2-4,7-8H2,1H3. The van der Waals surface area contributed by atoms with E-state index in [4.69, 9.17) is 11.6 Å². The van der Waals surface area contributed by atoms with E-state index in [1.54, 1.807) is 17.0 Å². The number of aromatic nitrogens is 1. The molecular formula is C13H17ClN2O2. The summed E-state index contributed by atoms with van der Waals surface area (Å²) in [4.78, 5) is 18.3. The van der Waals surface area contributed by atoms with Crippen LogP contribution < -0.4 is 0 Å². The van der Waals surface area contributed by atoms with Crippen molar-refractivity contribution in [3.63, 3.8) is 0 Å². The van der Waals surface area contributed by atoms with Gasteiger partial charge < -0.3 is 10.0 Å². The highest BCUT2D eigenvalue weighted by atomic mass is 35.5. The molecule has 18 heavy (non-hydrogen) atoms. The lowest BCUT2D eigenvalue weighted by molar-refractivity contribution is 0.0497. The summed E-state index contributed by atoms with van der Waals surface area (Å²) >= 11 is 6.03. The average molecular weight is 269 g/mol. The maximum Gasteiger partial charge on any atom is 0.274 e. The van der Waals surface area contributed by atoms with Crippen molar-refractivity contribution >= 4 is 17.5 Å². The van der Waals surface area contributed by atoms with Gasteiger partial charge in [0.05, 0.1) is 17.7 Å². The number of piperidine rings is 1. The SMILES string of the molecule is Cc1ccc(Cl)c(C(=O)N2CCCCC2CO)n1. The van der Waals surface area contributed by atoms with Crippen molar-refractivity contribution < 1.29 is 9.90 Å². The second-order valence-corrected chi connectivity index (χ2v) is 5.02.